The summed E-state index contributed by atoms with van der Waals surface area (Å²) in [7, 11) is 0. The van der Waals surface area contributed by atoms with Crippen molar-refractivity contribution in [1.82, 2.24) is 9.55 Å². The highest BCUT2D eigenvalue weighted by atomic mass is 32.1. The summed E-state index contributed by atoms with van der Waals surface area (Å²) in [5.74, 6) is 0. The molecule has 0 aliphatic carbocycles. The molecule has 2 heterocycles. The Labute approximate surface area is 154 Å². The first-order valence-electron chi connectivity index (χ1n) is 8.31. The maximum atomic E-state index is 12.9. The highest BCUT2D eigenvalue weighted by Crippen LogP contribution is 2.28. The average molecular weight is 357 g/mol. The van der Waals surface area contributed by atoms with Crippen LogP contribution in [0.2, 0.25) is 0 Å². The number of hydrogen-bond acceptors (Lipinski definition) is 4. The average Bonchev–Trinajstić information content (AvgIpc) is 3.10. The third-order valence-electron chi connectivity index (χ3n) is 4.29. The fourth-order valence-electron chi connectivity index (χ4n) is 3.05. The molecular formula is C21H15N3OS. The molecule has 0 amide bonds. The van der Waals surface area contributed by atoms with Gasteiger partial charge in [-0.3, -0.25) is 4.79 Å². The smallest absolute Gasteiger partial charge is 0.258 e. The Morgan fingerprint density at radius 3 is 2.77 bits per heavy atom. The lowest BCUT2D eigenvalue weighted by molar-refractivity contribution is 0.758. The number of benzene rings is 2. The van der Waals surface area contributed by atoms with E-state index < -0.39 is 0 Å². The molecule has 2 aromatic heterocycles. The third kappa shape index (κ3) is 2.71. The third-order valence-corrected chi connectivity index (χ3v) is 5.36. The molecule has 0 N–H and O–H groups in total. The quantitative estimate of drug-likeness (QED) is 0.500. The summed E-state index contributed by atoms with van der Waals surface area (Å²) in [5.41, 5.74) is 2.57. The molecule has 0 spiro atoms. The Morgan fingerprint density at radius 2 is 2.00 bits per heavy atom. The van der Waals surface area contributed by atoms with Crippen molar-refractivity contribution in [3.8, 4) is 6.07 Å². The Morgan fingerprint density at radius 1 is 1.23 bits per heavy atom. The number of para-hydroxylation sites is 2. The van der Waals surface area contributed by atoms with Crippen LogP contribution in [-0.2, 0) is 6.54 Å². The molecule has 0 saturated carbocycles. The van der Waals surface area contributed by atoms with Crippen LogP contribution in [0.25, 0.3) is 32.8 Å². The molecule has 0 aliphatic rings. The van der Waals surface area contributed by atoms with Gasteiger partial charge in [0.1, 0.15) is 11.1 Å². The Kier molecular flexibility index (Phi) is 4.11. The number of aryl methyl sites for hydroxylation is 1. The normalized spacial score (nSPS) is 11.8. The van der Waals surface area contributed by atoms with Gasteiger partial charge in [0.05, 0.1) is 21.3 Å². The van der Waals surface area contributed by atoms with E-state index in [1.54, 1.807) is 10.6 Å². The number of hydrogen-bond donors (Lipinski definition) is 0. The number of thiazole rings is 1. The van der Waals surface area contributed by atoms with Crippen molar-refractivity contribution < 1.29 is 0 Å². The van der Waals surface area contributed by atoms with Gasteiger partial charge < -0.3 is 4.57 Å². The Hall–Kier alpha value is -3.23. The molecule has 0 unspecified atom stereocenters. The van der Waals surface area contributed by atoms with Gasteiger partial charge in [-0.1, -0.05) is 30.3 Å². The van der Waals surface area contributed by atoms with Crippen LogP contribution >= 0.6 is 11.3 Å². The van der Waals surface area contributed by atoms with Crippen molar-refractivity contribution in [3.05, 3.63) is 75.5 Å². The van der Waals surface area contributed by atoms with Crippen molar-refractivity contribution in [1.29, 1.82) is 5.26 Å². The van der Waals surface area contributed by atoms with E-state index in [9.17, 15) is 10.1 Å². The fourth-order valence-corrected chi connectivity index (χ4v) is 3.98. The molecule has 4 nitrogen and oxygen atoms in total. The van der Waals surface area contributed by atoms with Crippen molar-refractivity contribution >= 4 is 44.1 Å². The topological polar surface area (TPSA) is 58.7 Å². The number of fused-ring (bicyclic) bond motifs is 2. The first-order valence-corrected chi connectivity index (χ1v) is 9.13. The minimum atomic E-state index is -0.0972. The lowest BCUT2D eigenvalue weighted by Gasteiger charge is -2.09. The summed E-state index contributed by atoms with van der Waals surface area (Å²) in [4.78, 5) is 17.4. The van der Waals surface area contributed by atoms with E-state index in [2.05, 4.69) is 11.1 Å². The van der Waals surface area contributed by atoms with Gasteiger partial charge in [0.2, 0.25) is 0 Å². The zero-order valence-electron chi connectivity index (χ0n) is 14.1. The van der Waals surface area contributed by atoms with Crippen LogP contribution < -0.4 is 5.56 Å². The summed E-state index contributed by atoms with van der Waals surface area (Å²) in [6.45, 7) is 2.52. The zero-order chi connectivity index (χ0) is 18.1. The van der Waals surface area contributed by atoms with Crippen molar-refractivity contribution in [3.63, 3.8) is 0 Å². The molecule has 2 aromatic carbocycles. The number of allylic oxidation sites excluding steroid dienone is 1. The second kappa shape index (κ2) is 6.58. The molecular weight excluding hydrogens is 342 g/mol. The van der Waals surface area contributed by atoms with Gasteiger partial charge in [0.15, 0.2) is 0 Å². The molecule has 0 aliphatic heterocycles. The molecule has 0 saturated heterocycles. The van der Waals surface area contributed by atoms with E-state index in [0.717, 1.165) is 21.1 Å². The molecule has 5 heteroatoms. The number of pyridine rings is 1. The SMILES string of the molecule is CCn1c(=O)c(/C=C(\C#N)c2nc3ccccc3s2)cc2ccccc21. The minimum absolute atomic E-state index is 0.0972. The summed E-state index contributed by atoms with van der Waals surface area (Å²) in [6, 6.07) is 19.6. The molecule has 26 heavy (non-hydrogen) atoms. The Balaban J connectivity index is 1.92. The summed E-state index contributed by atoms with van der Waals surface area (Å²) < 4.78 is 2.75. The van der Waals surface area contributed by atoms with E-state index in [4.69, 9.17) is 0 Å². The maximum Gasteiger partial charge on any atom is 0.258 e. The first-order chi connectivity index (χ1) is 12.7. The second-order valence-corrected chi connectivity index (χ2v) is 6.90. The molecule has 0 bridgehead atoms. The van der Waals surface area contributed by atoms with E-state index in [1.165, 1.54) is 11.3 Å². The van der Waals surface area contributed by atoms with Gasteiger partial charge in [0.25, 0.3) is 5.56 Å². The molecule has 0 atom stereocenters. The van der Waals surface area contributed by atoms with E-state index >= 15 is 0 Å². The van der Waals surface area contributed by atoms with Gasteiger partial charge in [-0.25, -0.2) is 4.98 Å². The van der Waals surface area contributed by atoms with Crippen molar-refractivity contribution in [2.75, 3.05) is 0 Å². The summed E-state index contributed by atoms with van der Waals surface area (Å²) >= 11 is 1.46. The number of nitriles is 1. The number of aromatic nitrogens is 2. The second-order valence-electron chi connectivity index (χ2n) is 5.86. The van der Waals surface area contributed by atoms with Crippen molar-refractivity contribution in [2.24, 2.45) is 0 Å². The predicted octanol–water partition coefficient (Wildman–Crippen LogP) is 4.70. The van der Waals surface area contributed by atoms with Gasteiger partial charge >= 0.3 is 0 Å². The highest BCUT2D eigenvalue weighted by molar-refractivity contribution is 7.19. The van der Waals surface area contributed by atoms with Crippen LogP contribution in [0.4, 0.5) is 0 Å². The molecule has 4 rings (SSSR count). The predicted molar refractivity (Wildman–Crippen MR) is 107 cm³/mol. The largest absolute Gasteiger partial charge is 0.308 e. The van der Waals surface area contributed by atoms with Gasteiger partial charge in [-0.05, 0) is 42.7 Å². The van der Waals surface area contributed by atoms with Gasteiger partial charge in [-0.15, -0.1) is 11.3 Å². The fraction of sp³-hybridized carbons (Fsp3) is 0.0952. The Bertz CT molecular complexity index is 1220. The number of nitrogens with zero attached hydrogens (tertiary/aromatic N) is 3. The summed E-state index contributed by atoms with van der Waals surface area (Å²) in [5, 5.41) is 11.2. The van der Waals surface area contributed by atoms with Crippen LogP contribution in [0.3, 0.4) is 0 Å². The molecule has 4 aromatic rings. The molecule has 126 valence electrons. The standard InChI is InChI=1S/C21H15N3OS/c1-2-24-18-9-5-3-7-14(18)11-15(21(24)25)12-16(13-22)20-23-17-8-4-6-10-19(17)26-20/h3-12H,2H2,1H3/b16-12+. The molecule has 0 fully saturated rings. The maximum absolute atomic E-state index is 12.9. The number of rotatable bonds is 3. The summed E-state index contributed by atoms with van der Waals surface area (Å²) in [6.07, 6.45) is 1.65. The van der Waals surface area contributed by atoms with Crippen LogP contribution in [0.15, 0.2) is 59.4 Å². The van der Waals surface area contributed by atoms with Crippen molar-refractivity contribution in [2.45, 2.75) is 13.5 Å². The molecule has 0 radical (unpaired) electrons. The highest BCUT2D eigenvalue weighted by Gasteiger charge is 2.11. The minimum Gasteiger partial charge on any atom is -0.308 e. The first kappa shape index (κ1) is 16.2. The van der Waals surface area contributed by atoms with E-state index in [1.807, 2.05) is 61.5 Å². The lowest BCUT2D eigenvalue weighted by atomic mass is 10.1. The van der Waals surface area contributed by atoms with Gasteiger partial charge in [0, 0.05) is 12.1 Å². The van der Waals surface area contributed by atoms with Crippen LogP contribution in [-0.4, -0.2) is 9.55 Å². The van der Waals surface area contributed by atoms with Crippen LogP contribution in [0.1, 0.15) is 17.5 Å². The van der Waals surface area contributed by atoms with E-state index in [0.29, 0.717) is 22.7 Å². The lowest BCUT2D eigenvalue weighted by Crippen LogP contribution is -2.21. The van der Waals surface area contributed by atoms with E-state index in [-0.39, 0.29) is 5.56 Å². The zero-order valence-corrected chi connectivity index (χ0v) is 15.0. The monoisotopic (exact) mass is 357 g/mol. The van der Waals surface area contributed by atoms with Crippen LogP contribution in [0.5, 0.6) is 0 Å². The van der Waals surface area contributed by atoms with Gasteiger partial charge in [-0.2, -0.15) is 5.26 Å². The van der Waals surface area contributed by atoms with Crippen LogP contribution in [0, 0.1) is 11.3 Å².